The van der Waals surface area contributed by atoms with Crippen LogP contribution >= 0.6 is 11.3 Å². The number of nitrogens with zero attached hydrogens (tertiary/aromatic N) is 1. The monoisotopic (exact) mass is 290 g/mol. The van der Waals surface area contributed by atoms with Crippen molar-refractivity contribution in [2.75, 3.05) is 0 Å². The van der Waals surface area contributed by atoms with E-state index in [-0.39, 0.29) is 0 Å². The van der Waals surface area contributed by atoms with E-state index in [1.54, 1.807) is 37.3 Å². The van der Waals surface area contributed by atoms with Gasteiger partial charge in [-0.3, -0.25) is 4.79 Å². The summed E-state index contributed by atoms with van der Waals surface area (Å²) in [7, 11) is 0. The lowest BCUT2D eigenvalue weighted by Crippen LogP contribution is -2.49. The fourth-order valence-electron chi connectivity index (χ4n) is 1.78. The first-order valence-electron chi connectivity index (χ1n) is 5.97. The Morgan fingerprint density at radius 1 is 1.30 bits per heavy atom. The average Bonchev–Trinajstić information content (AvgIpc) is 2.86. The van der Waals surface area contributed by atoms with Crippen molar-refractivity contribution in [1.82, 2.24) is 10.3 Å². The number of carbonyl (C=O) groups is 2. The van der Waals surface area contributed by atoms with E-state index in [4.69, 9.17) is 0 Å². The van der Waals surface area contributed by atoms with Crippen LogP contribution in [0.3, 0.4) is 0 Å². The van der Waals surface area contributed by atoms with Crippen molar-refractivity contribution >= 4 is 23.2 Å². The zero-order valence-electron chi connectivity index (χ0n) is 11.1. The van der Waals surface area contributed by atoms with Gasteiger partial charge in [-0.15, -0.1) is 11.3 Å². The van der Waals surface area contributed by atoms with E-state index >= 15 is 0 Å². The van der Waals surface area contributed by atoms with Gasteiger partial charge < -0.3 is 10.4 Å². The van der Waals surface area contributed by atoms with Gasteiger partial charge in [-0.05, 0) is 19.4 Å². The number of carbonyl (C=O) groups excluding carboxylic acids is 1. The Bertz CT molecular complexity index is 639. The zero-order valence-corrected chi connectivity index (χ0v) is 11.9. The Kier molecular flexibility index (Phi) is 3.85. The minimum Gasteiger partial charge on any atom is -0.479 e. The number of nitrogens with one attached hydrogen (secondary N) is 1. The van der Waals surface area contributed by atoms with Crippen molar-refractivity contribution in [3.8, 4) is 0 Å². The highest BCUT2D eigenvalue weighted by Crippen LogP contribution is 2.22. The molecule has 1 aromatic heterocycles. The van der Waals surface area contributed by atoms with E-state index in [9.17, 15) is 14.7 Å². The third kappa shape index (κ3) is 2.70. The molecule has 1 unspecified atom stereocenters. The molecule has 20 heavy (non-hydrogen) atoms. The van der Waals surface area contributed by atoms with Crippen molar-refractivity contribution < 1.29 is 14.7 Å². The Hall–Kier alpha value is -2.21. The molecule has 0 aliphatic carbocycles. The second-order valence-electron chi connectivity index (χ2n) is 4.49. The maximum absolute atomic E-state index is 12.1. The number of carboxylic acids is 1. The summed E-state index contributed by atoms with van der Waals surface area (Å²) in [5.41, 5.74) is -0.960. The molecular weight excluding hydrogens is 276 g/mol. The maximum atomic E-state index is 12.1. The van der Waals surface area contributed by atoms with E-state index < -0.39 is 17.4 Å². The SMILES string of the molecule is Cc1ncc(C(=O)NC(C)(C(=O)O)c2ccccc2)s1. The fourth-order valence-corrected chi connectivity index (χ4v) is 2.45. The highest BCUT2D eigenvalue weighted by atomic mass is 32.1. The Labute approximate surface area is 120 Å². The van der Waals surface area contributed by atoms with Gasteiger partial charge in [0, 0.05) is 0 Å². The molecule has 1 atom stereocenters. The molecule has 0 saturated carbocycles. The highest BCUT2D eigenvalue weighted by Gasteiger charge is 2.37. The molecule has 0 aliphatic rings. The van der Waals surface area contributed by atoms with Crippen LogP contribution in [-0.4, -0.2) is 22.0 Å². The number of aliphatic carboxylic acids is 1. The lowest BCUT2D eigenvalue weighted by atomic mass is 9.92. The quantitative estimate of drug-likeness (QED) is 0.904. The summed E-state index contributed by atoms with van der Waals surface area (Å²) in [5, 5.41) is 12.8. The number of rotatable bonds is 4. The van der Waals surface area contributed by atoms with Gasteiger partial charge in [0.1, 0.15) is 4.88 Å². The van der Waals surface area contributed by atoms with Crippen LogP contribution in [0.5, 0.6) is 0 Å². The number of aryl methyl sites for hydroxylation is 1. The molecule has 6 heteroatoms. The highest BCUT2D eigenvalue weighted by molar-refractivity contribution is 7.13. The number of hydrogen-bond donors (Lipinski definition) is 2. The summed E-state index contributed by atoms with van der Waals surface area (Å²) < 4.78 is 0. The van der Waals surface area contributed by atoms with Crippen molar-refractivity contribution in [3.05, 3.63) is 52.0 Å². The first-order valence-corrected chi connectivity index (χ1v) is 6.79. The Balaban J connectivity index is 2.31. The van der Waals surface area contributed by atoms with Crippen LogP contribution in [0.4, 0.5) is 0 Å². The molecule has 1 aromatic carbocycles. The number of carboxylic acid groups (broad SMARTS) is 1. The van der Waals surface area contributed by atoms with Gasteiger partial charge in [-0.2, -0.15) is 0 Å². The van der Waals surface area contributed by atoms with Crippen LogP contribution in [-0.2, 0) is 10.3 Å². The van der Waals surface area contributed by atoms with E-state index in [0.717, 1.165) is 5.01 Å². The fraction of sp³-hybridized carbons (Fsp3) is 0.214. The van der Waals surface area contributed by atoms with E-state index in [1.165, 1.54) is 24.5 Å². The van der Waals surface area contributed by atoms with Crippen LogP contribution in [0, 0.1) is 6.92 Å². The molecule has 0 radical (unpaired) electrons. The van der Waals surface area contributed by atoms with Gasteiger partial charge in [-0.25, -0.2) is 9.78 Å². The van der Waals surface area contributed by atoms with Crippen molar-refractivity contribution in [1.29, 1.82) is 0 Å². The van der Waals surface area contributed by atoms with Gasteiger partial charge in [0.25, 0.3) is 5.91 Å². The van der Waals surface area contributed by atoms with Gasteiger partial charge in [-0.1, -0.05) is 30.3 Å². The predicted molar refractivity (Wildman–Crippen MR) is 75.7 cm³/mol. The van der Waals surface area contributed by atoms with Gasteiger partial charge >= 0.3 is 5.97 Å². The van der Waals surface area contributed by atoms with Crippen molar-refractivity contribution in [2.45, 2.75) is 19.4 Å². The van der Waals surface area contributed by atoms with Crippen LogP contribution in [0.15, 0.2) is 36.5 Å². The molecule has 0 bridgehead atoms. The molecule has 2 aromatic rings. The lowest BCUT2D eigenvalue weighted by Gasteiger charge is -2.26. The Morgan fingerprint density at radius 3 is 2.45 bits per heavy atom. The topological polar surface area (TPSA) is 79.3 Å². The minimum absolute atomic E-state index is 0.394. The van der Waals surface area contributed by atoms with Crippen LogP contribution in [0.1, 0.15) is 27.2 Å². The normalized spacial score (nSPS) is 13.5. The minimum atomic E-state index is -1.48. The number of thiazole rings is 1. The summed E-state index contributed by atoms with van der Waals surface area (Å²) in [6, 6.07) is 8.61. The molecule has 0 aliphatic heterocycles. The van der Waals surface area contributed by atoms with E-state index in [1.807, 2.05) is 0 Å². The Morgan fingerprint density at radius 2 is 1.95 bits per heavy atom. The largest absolute Gasteiger partial charge is 0.479 e. The molecule has 1 amide bonds. The third-order valence-electron chi connectivity index (χ3n) is 2.99. The summed E-state index contributed by atoms with van der Waals surface area (Å²) in [6.07, 6.45) is 1.45. The standard InChI is InChI=1S/C14H14N2O3S/c1-9-15-8-11(20-9)12(17)16-14(2,13(18)19)10-6-4-3-5-7-10/h3-8H,1-2H3,(H,16,17)(H,18,19). The molecule has 5 nitrogen and oxygen atoms in total. The van der Waals surface area contributed by atoms with Gasteiger partial charge in [0.15, 0.2) is 5.54 Å². The molecule has 104 valence electrons. The lowest BCUT2D eigenvalue weighted by molar-refractivity contribution is -0.144. The summed E-state index contributed by atoms with van der Waals surface area (Å²) in [6.45, 7) is 3.26. The third-order valence-corrected chi connectivity index (χ3v) is 3.90. The number of aromatic nitrogens is 1. The molecule has 0 spiro atoms. The smallest absolute Gasteiger partial charge is 0.333 e. The molecule has 0 saturated heterocycles. The summed E-state index contributed by atoms with van der Waals surface area (Å²) in [5.74, 6) is -1.55. The first kappa shape index (κ1) is 14.2. The number of amides is 1. The first-order chi connectivity index (χ1) is 9.43. The summed E-state index contributed by atoms with van der Waals surface area (Å²) in [4.78, 5) is 28.1. The van der Waals surface area contributed by atoms with Gasteiger partial charge in [0.05, 0.1) is 11.2 Å². The molecular formula is C14H14N2O3S. The number of hydrogen-bond acceptors (Lipinski definition) is 4. The van der Waals surface area contributed by atoms with Crippen molar-refractivity contribution in [3.63, 3.8) is 0 Å². The van der Waals surface area contributed by atoms with E-state index in [0.29, 0.717) is 10.4 Å². The predicted octanol–water partition coefficient (Wildman–Crippen LogP) is 2.18. The van der Waals surface area contributed by atoms with Crippen molar-refractivity contribution in [2.24, 2.45) is 0 Å². The van der Waals surface area contributed by atoms with Gasteiger partial charge in [0.2, 0.25) is 0 Å². The molecule has 2 N–H and O–H groups in total. The molecule has 0 fully saturated rings. The zero-order chi connectivity index (χ0) is 14.8. The van der Waals surface area contributed by atoms with Crippen LogP contribution in [0.2, 0.25) is 0 Å². The van der Waals surface area contributed by atoms with Crippen LogP contribution < -0.4 is 5.32 Å². The average molecular weight is 290 g/mol. The summed E-state index contributed by atoms with van der Waals surface area (Å²) >= 11 is 1.23. The number of benzene rings is 1. The maximum Gasteiger partial charge on any atom is 0.333 e. The van der Waals surface area contributed by atoms with E-state index in [2.05, 4.69) is 10.3 Å². The van der Waals surface area contributed by atoms with Crippen LogP contribution in [0.25, 0.3) is 0 Å². The molecule has 2 rings (SSSR count). The second-order valence-corrected chi connectivity index (χ2v) is 5.73. The molecule has 1 heterocycles. The second kappa shape index (κ2) is 5.42.